The molecule has 0 aliphatic rings. The summed E-state index contributed by atoms with van der Waals surface area (Å²) in [4.78, 5) is 14.8. The minimum Gasteiger partial charge on any atom is -0.478 e. The molecule has 17 heavy (non-hydrogen) atoms. The van der Waals surface area contributed by atoms with Gasteiger partial charge in [0.15, 0.2) is 5.16 Å². The Kier molecular flexibility index (Phi) is 3.38. The van der Waals surface area contributed by atoms with Crippen LogP contribution in [0, 0.1) is 5.82 Å². The van der Waals surface area contributed by atoms with Gasteiger partial charge in [-0.1, -0.05) is 17.8 Å². The highest BCUT2D eigenvalue weighted by atomic mass is 32.2. The van der Waals surface area contributed by atoms with Gasteiger partial charge in [0, 0.05) is 5.75 Å². The SMILES string of the molecule is O=C(O)c1cc(F)ccc1CSc1ncn[nH]1. The van der Waals surface area contributed by atoms with Crippen LogP contribution in [-0.4, -0.2) is 26.3 Å². The van der Waals surface area contributed by atoms with Crippen molar-refractivity contribution in [1.29, 1.82) is 0 Å². The van der Waals surface area contributed by atoms with Crippen LogP contribution in [0.5, 0.6) is 0 Å². The van der Waals surface area contributed by atoms with E-state index in [1.165, 1.54) is 30.2 Å². The van der Waals surface area contributed by atoms with E-state index >= 15 is 0 Å². The number of carboxylic acid groups (broad SMARTS) is 1. The van der Waals surface area contributed by atoms with Gasteiger partial charge in [-0.25, -0.2) is 14.2 Å². The molecule has 7 heteroatoms. The summed E-state index contributed by atoms with van der Waals surface area (Å²) in [5, 5.41) is 15.8. The molecule has 1 heterocycles. The first-order chi connectivity index (χ1) is 8.16. The average molecular weight is 253 g/mol. The van der Waals surface area contributed by atoms with Crippen molar-refractivity contribution in [2.24, 2.45) is 0 Å². The van der Waals surface area contributed by atoms with Crippen LogP contribution in [0.25, 0.3) is 0 Å². The standard InChI is InChI=1S/C10H8FN3O2S/c11-7-2-1-6(8(3-7)9(15)16)4-17-10-12-5-13-14-10/h1-3,5H,4H2,(H,15,16)(H,12,13,14). The summed E-state index contributed by atoms with van der Waals surface area (Å²) in [6.07, 6.45) is 1.37. The van der Waals surface area contributed by atoms with Crippen molar-refractivity contribution >= 4 is 17.7 Å². The molecule has 88 valence electrons. The van der Waals surface area contributed by atoms with Gasteiger partial charge in [-0.05, 0) is 17.7 Å². The summed E-state index contributed by atoms with van der Waals surface area (Å²) in [7, 11) is 0. The van der Waals surface area contributed by atoms with Gasteiger partial charge in [0.05, 0.1) is 5.56 Å². The number of carbonyl (C=O) groups is 1. The predicted octanol–water partition coefficient (Wildman–Crippen LogP) is 1.93. The molecule has 0 spiro atoms. The first-order valence-electron chi connectivity index (χ1n) is 4.66. The van der Waals surface area contributed by atoms with Crippen LogP contribution in [-0.2, 0) is 5.75 Å². The highest BCUT2D eigenvalue weighted by molar-refractivity contribution is 7.98. The zero-order valence-corrected chi connectivity index (χ0v) is 9.37. The van der Waals surface area contributed by atoms with Crippen molar-refractivity contribution in [3.8, 4) is 0 Å². The molecular weight excluding hydrogens is 245 g/mol. The fourth-order valence-corrected chi connectivity index (χ4v) is 2.07. The number of aromatic carboxylic acids is 1. The Morgan fingerprint density at radius 1 is 1.53 bits per heavy atom. The summed E-state index contributed by atoms with van der Waals surface area (Å²) in [5.74, 6) is -1.31. The quantitative estimate of drug-likeness (QED) is 0.814. The van der Waals surface area contributed by atoms with Crippen molar-refractivity contribution in [3.63, 3.8) is 0 Å². The van der Waals surface area contributed by atoms with Crippen molar-refractivity contribution in [1.82, 2.24) is 15.2 Å². The van der Waals surface area contributed by atoms with E-state index in [2.05, 4.69) is 15.2 Å². The Balaban J connectivity index is 2.17. The maximum Gasteiger partial charge on any atom is 0.336 e. The van der Waals surface area contributed by atoms with Crippen LogP contribution in [0.1, 0.15) is 15.9 Å². The van der Waals surface area contributed by atoms with Gasteiger partial charge in [-0.2, -0.15) is 5.10 Å². The Morgan fingerprint density at radius 2 is 2.35 bits per heavy atom. The summed E-state index contributed by atoms with van der Waals surface area (Å²) in [5.41, 5.74) is 0.511. The van der Waals surface area contributed by atoms with Crippen LogP contribution in [0.4, 0.5) is 4.39 Å². The van der Waals surface area contributed by atoms with Crippen LogP contribution >= 0.6 is 11.8 Å². The molecule has 0 amide bonds. The van der Waals surface area contributed by atoms with E-state index in [4.69, 9.17) is 5.11 Å². The number of aromatic amines is 1. The lowest BCUT2D eigenvalue weighted by atomic mass is 10.1. The van der Waals surface area contributed by atoms with E-state index < -0.39 is 11.8 Å². The fraction of sp³-hybridized carbons (Fsp3) is 0.100. The number of thioether (sulfide) groups is 1. The highest BCUT2D eigenvalue weighted by Gasteiger charge is 2.11. The molecular formula is C10H8FN3O2S. The van der Waals surface area contributed by atoms with Crippen molar-refractivity contribution < 1.29 is 14.3 Å². The lowest BCUT2D eigenvalue weighted by Crippen LogP contribution is -2.02. The van der Waals surface area contributed by atoms with Crippen LogP contribution in [0.3, 0.4) is 0 Å². The van der Waals surface area contributed by atoms with Gasteiger partial charge < -0.3 is 5.11 Å². The molecule has 0 aliphatic carbocycles. The first-order valence-corrected chi connectivity index (χ1v) is 5.65. The maximum absolute atomic E-state index is 12.9. The van der Waals surface area contributed by atoms with E-state index in [9.17, 15) is 9.18 Å². The third kappa shape index (κ3) is 2.82. The Morgan fingerprint density at radius 3 is 3.00 bits per heavy atom. The largest absolute Gasteiger partial charge is 0.478 e. The smallest absolute Gasteiger partial charge is 0.336 e. The lowest BCUT2D eigenvalue weighted by molar-refractivity contribution is 0.0695. The Bertz CT molecular complexity index is 530. The molecule has 2 N–H and O–H groups in total. The number of H-pyrrole nitrogens is 1. The van der Waals surface area contributed by atoms with Gasteiger partial charge in [0.1, 0.15) is 12.1 Å². The number of halogens is 1. The highest BCUT2D eigenvalue weighted by Crippen LogP contribution is 2.21. The van der Waals surface area contributed by atoms with Crippen molar-refractivity contribution in [3.05, 3.63) is 41.5 Å². The maximum atomic E-state index is 12.9. The van der Waals surface area contributed by atoms with E-state index in [1.54, 1.807) is 0 Å². The number of nitrogens with one attached hydrogen (secondary N) is 1. The van der Waals surface area contributed by atoms with Crippen LogP contribution in [0.15, 0.2) is 29.7 Å². The lowest BCUT2D eigenvalue weighted by Gasteiger charge is -2.04. The minimum absolute atomic E-state index is 0.0305. The van der Waals surface area contributed by atoms with Gasteiger partial charge in [0.2, 0.25) is 0 Å². The van der Waals surface area contributed by atoms with E-state index in [-0.39, 0.29) is 5.56 Å². The normalized spacial score (nSPS) is 10.4. The van der Waals surface area contributed by atoms with E-state index in [0.717, 1.165) is 6.07 Å². The topological polar surface area (TPSA) is 78.9 Å². The van der Waals surface area contributed by atoms with Gasteiger partial charge >= 0.3 is 5.97 Å². The second kappa shape index (κ2) is 4.96. The predicted molar refractivity (Wildman–Crippen MR) is 59.3 cm³/mol. The second-order valence-electron chi connectivity index (χ2n) is 3.19. The van der Waals surface area contributed by atoms with Gasteiger partial charge in [-0.15, -0.1) is 0 Å². The molecule has 1 aromatic carbocycles. The number of hydrogen-bond acceptors (Lipinski definition) is 4. The van der Waals surface area contributed by atoms with Crippen molar-refractivity contribution in [2.45, 2.75) is 10.9 Å². The van der Waals surface area contributed by atoms with Gasteiger partial charge in [0.25, 0.3) is 0 Å². The molecule has 0 radical (unpaired) electrons. The number of benzene rings is 1. The van der Waals surface area contributed by atoms with E-state index in [0.29, 0.717) is 16.5 Å². The summed E-state index contributed by atoms with van der Waals surface area (Å²) in [6.45, 7) is 0. The summed E-state index contributed by atoms with van der Waals surface area (Å²) < 4.78 is 12.9. The third-order valence-corrected chi connectivity index (χ3v) is 2.99. The number of rotatable bonds is 4. The molecule has 0 bridgehead atoms. The zero-order chi connectivity index (χ0) is 12.3. The summed E-state index contributed by atoms with van der Waals surface area (Å²) in [6, 6.07) is 3.71. The number of hydrogen-bond donors (Lipinski definition) is 2. The van der Waals surface area contributed by atoms with Crippen LogP contribution < -0.4 is 0 Å². The number of nitrogens with zero attached hydrogens (tertiary/aromatic N) is 2. The number of aromatic nitrogens is 3. The third-order valence-electron chi connectivity index (χ3n) is 2.06. The zero-order valence-electron chi connectivity index (χ0n) is 8.55. The molecule has 0 atom stereocenters. The molecule has 2 aromatic rings. The average Bonchev–Trinajstić information content (AvgIpc) is 2.80. The molecule has 5 nitrogen and oxygen atoms in total. The van der Waals surface area contributed by atoms with E-state index in [1.807, 2.05) is 0 Å². The second-order valence-corrected chi connectivity index (χ2v) is 4.15. The van der Waals surface area contributed by atoms with Gasteiger partial charge in [-0.3, -0.25) is 5.10 Å². The molecule has 0 saturated heterocycles. The van der Waals surface area contributed by atoms with Crippen molar-refractivity contribution in [2.75, 3.05) is 0 Å². The Labute approximate surface area is 100 Å². The molecule has 0 fully saturated rings. The first kappa shape index (κ1) is 11.6. The molecule has 1 aromatic heterocycles. The molecule has 0 unspecified atom stereocenters. The number of carboxylic acids is 1. The minimum atomic E-state index is -1.14. The summed E-state index contributed by atoms with van der Waals surface area (Å²) >= 11 is 1.30. The molecule has 0 aliphatic heterocycles. The fourth-order valence-electron chi connectivity index (χ4n) is 1.28. The molecule has 0 saturated carbocycles. The monoisotopic (exact) mass is 253 g/mol. The van der Waals surface area contributed by atoms with Crippen LogP contribution in [0.2, 0.25) is 0 Å². The molecule has 2 rings (SSSR count). The Hall–Kier alpha value is -1.89.